The number of nitrogens with zero attached hydrogens (tertiary/aromatic N) is 4. The largest absolute Gasteiger partial charge is 0.342 e. The minimum absolute atomic E-state index is 0.0450. The molecule has 1 aromatic heterocycles. The van der Waals surface area contributed by atoms with Gasteiger partial charge in [0.15, 0.2) is 0 Å². The first kappa shape index (κ1) is 15.6. The molecule has 1 heterocycles. The molecule has 1 aromatic rings. The third-order valence-electron chi connectivity index (χ3n) is 2.92. The predicted octanol–water partition coefficient (Wildman–Crippen LogP) is 1.04. The Labute approximate surface area is 117 Å². The van der Waals surface area contributed by atoms with Crippen LogP contribution >= 0.6 is 11.5 Å². The van der Waals surface area contributed by atoms with Gasteiger partial charge in [-0.3, -0.25) is 9.59 Å². The zero-order valence-corrected chi connectivity index (χ0v) is 12.7. The second-order valence-corrected chi connectivity index (χ2v) is 4.88. The molecule has 2 amide bonds. The van der Waals surface area contributed by atoms with Crippen molar-refractivity contribution in [3.05, 3.63) is 10.6 Å². The van der Waals surface area contributed by atoms with Crippen molar-refractivity contribution >= 4 is 23.3 Å². The lowest BCUT2D eigenvalue weighted by atomic mass is 10.2. The van der Waals surface area contributed by atoms with Gasteiger partial charge in [0.05, 0.1) is 12.2 Å². The van der Waals surface area contributed by atoms with Gasteiger partial charge in [-0.25, -0.2) is 0 Å². The molecule has 0 unspecified atom stereocenters. The Morgan fingerprint density at radius 3 is 2.37 bits per heavy atom. The van der Waals surface area contributed by atoms with Gasteiger partial charge in [-0.1, -0.05) is 11.4 Å². The predicted molar refractivity (Wildman–Crippen MR) is 74.2 cm³/mol. The summed E-state index contributed by atoms with van der Waals surface area (Å²) in [6.45, 7) is 7.16. The summed E-state index contributed by atoms with van der Waals surface area (Å²) < 4.78 is 3.79. The first-order valence-electron chi connectivity index (χ1n) is 6.39. The van der Waals surface area contributed by atoms with E-state index in [0.29, 0.717) is 30.1 Å². The maximum atomic E-state index is 12.2. The Morgan fingerprint density at radius 1 is 1.21 bits per heavy atom. The summed E-state index contributed by atoms with van der Waals surface area (Å²) >= 11 is 1.08. The molecule has 0 saturated carbocycles. The van der Waals surface area contributed by atoms with Crippen LogP contribution < -0.4 is 0 Å². The molecule has 0 aliphatic rings. The third kappa shape index (κ3) is 3.73. The summed E-state index contributed by atoms with van der Waals surface area (Å²) in [6, 6.07) is 0. The van der Waals surface area contributed by atoms with Crippen molar-refractivity contribution in [1.82, 2.24) is 19.4 Å². The number of rotatable bonds is 6. The Morgan fingerprint density at radius 2 is 1.84 bits per heavy atom. The fraction of sp³-hybridized carbons (Fsp3) is 0.667. The van der Waals surface area contributed by atoms with E-state index in [-0.39, 0.29) is 18.4 Å². The average molecular weight is 284 g/mol. The van der Waals surface area contributed by atoms with Crippen molar-refractivity contribution in [2.75, 3.05) is 26.7 Å². The Bertz CT molecular complexity index is 443. The molecule has 0 bridgehead atoms. The van der Waals surface area contributed by atoms with Gasteiger partial charge in [-0.2, -0.15) is 0 Å². The zero-order chi connectivity index (χ0) is 14.4. The Balaban J connectivity index is 2.70. The molecule has 0 N–H and O–H groups in total. The van der Waals surface area contributed by atoms with E-state index in [1.165, 1.54) is 4.90 Å². The number of likely N-dealkylation sites (N-methyl/N-ethyl adjacent to an activating group) is 2. The topological polar surface area (TPSA) is 66.4 Å². The number of hydrogen-bond acceptors (Lipinski definition) is 5. The molecule has 0 aliphatic carbocycles. The number of carbonyl (C=O) groups is 2. The van der Waals surface area contributed by atoms with Crippen LogP contribution in [-0.2, 0) is 11.2 Å². The van der Waals surface area contributed by atoms with Gasteiger partial charge in [0.2, 0.25) is 5.91 Å². The van der Waals surface area contributed by atoms with Crippen molar-refractivity contribution in [3.8, 4) is 0 Å². The minimum atomic E-state index is -0.188. The van der Waals surface area contributed by atoms with Crippen LogP contribution in [0, 0.1) is 0 Å². The standard InChI is InChI=1S/C12H20N4O2S/c1-5-9-11(19-14-13-9)12(18)15(4)8-10(17)16(6-2)7-3/h5-8H2,1-4H3. The van der Waals surface area contributed by atoms with Gasteiger partial charge in [-0.05, 0) is 31.8 Å². The van der Waals surface area contributed by atoms with Gasteiger partial charge < -0.3 is 9.80 Å². The SMILES string of the molecule is CCc1nnsc1C(=O)N(C)CC(=O)N(CC)CC. The van der Waals surface area contributed by atoms with Gasteiger partial charge >= 0.3 is 0 Å². The first-order valence-corrected chi connectivity index (χ1v) is 7.16. The van der Waals surface area contributed by atoms with Crippen LogP contribution in [0.5, 0.6) is 0 Å². The smallest absolute Gasteiger partial charge is 0.267 e. The lowest BCUT2D eigenvalue weighted by Crippen LogP contribution is -2.41. The third-order valence-corrected chi connectivity index (χ3v) is 3.68. The molecule has 19 heavy (non-hydrogen) atoms. The monoisotopic (exact) mass is 284 g/mol. The molecule has 106 valence electrons. The molecular weight excluding hydrogens is 264 g/mol. The van der Waals surface area contributed by atoms with Crippen LogP contribution in [0.1, 0.15) is 36.1 Å². The molecule has 0 fully saturated rings. The molecule has 1 rings (SSSR count). The lowest BCUT2D eigenvalue weighted by Gasteiger charge is -2.22. The normalized spacial score (nSPS) is 10.3. The number of hydrogen-bond donors (Lipinski definition) is 0. The van der Waals surface area contributed by atoms with Crippen molar-refractivity contribution in [2.45, 2.75) is 27.2 Å². The van der Waals surface area contributed by atoms with E-state index in [1.807, 2.05) is 20.8 Å². The van der Waals surface area contributed by atoms with Crippen LogP contribution in [0.3, 0.4) is 0 Å². The maximum absolute atomic E-state index is 12.2. The van der Waals surface area contributed by atoms with Crippen molar-refractivity contribution < 1.29 is 9.59 Å². The van der Waals surface area contributed by atoms with Gasteiger partial charge in [-0.15, -0.1) is 5.10 Å². The van der Waals surface area contributed by atoms with Crippen LogP contribution in [0.2, 0.25) is 0 Å². The molecule has 6 nitrogen and oxygen atoms in total. The first-order chi connectivity index (χ1) is 9.04. The maximum Gasteiger partial charge on any atom is 0.267 e. The van der Waals surface area contributed by atoms with E-state index in [0.717, 1.165) is 11.5 Å². The highest BCUT2D eigenvalue weighted by Gasteiger charge is 2.22. The van der Waals surface area contributed by atoms with Crippen molar-refractivity contribution in [1.29, 1.82) is 0 Å². The number of amides is 2. The number of aromatic nitrogens is 2. The molecule has 0 spiro atoms. The minimum Gasteiger partial charge on any atom is -0.342 e. The molecule has 0 aromatic carbocycles. The highest BCUT2D eigenvalue weighted by molar-refractivity contribution is 7.08. The summed E-state index contributed by atoms with van der Waals surface area (Å²) in [5, 5.41) is 3.91. The lowest BCUT2D eigenvalue weighted by molar-refractivity contribution is -0.131. The molecule has 0 atom stereocenters. The summed E-state index contributed by atoms with van der Waals surface area (Å²) in [5.41, 5.74) is 0.692. The fourth-order valence-electron chi connectivity index (χ4n) is 1.73. The number of aryl methyl sites for hydroxylation is 1. The summed E-state index contributed by atoms with van der Waals surface area (Å²) in [4.78, 5) is 27.8. The highest BCUT2D eigenvalue weighted by Crippen LogP contribution is 2.13. The summed E-state index contributed by atoms with van der Waals surface area (Å²) in [5.74, 6) is -0.233. The Kier molecular flexibility index (Phi) is 5.88. The van der Waals surface area contributed by atoms with Crippen molar-refractivity contribution in [3.63, 3.8) is 0 Å². The molecule has 7 heteroatoms. The van der Waals surface area contributed by atoms with Crippen LogP contribution in [0.25, 0.3) is 0 Å². The molecule has 0 saturated heterocycles. The number of carbonyl (C=O) groups excluding carboxylic acids is 2. The van der Waals surface area contributed by atoms with Gasteiger partial charge in [0.25, 0.3) is 5.91 Å². The van der Waals surface area contributed by atoms with Crippen molar-refractivity contribution in [2.24, 2.45) is 0 Å². The van der Waals surface area contributed by atoms with Gasteiger partial charge in [0.1, 0.15) is 4.88 Å². The van der Waals surface area contributed by atoms with Gasteiger partial charge in [0, 0.05) is 20.1 Å². The molecular formula is C12H20N4O2S. The van der Waals surface area contributed by atoms with E-state index >= 15 is 0 Å². The fourth-order valence-corrected chi connectivity index (χ4v) is 2.47. The highest BCUT2D eigenvalue weighted by atomic mass is 32.1. The second-order valence-electron chi connectivity index (χ2n) is 4.13. The van der Waals surface area contributed by atoms with E-state index < -0.39 is 0 Å². The molecule has 0 aliphatic heterocycles. The Hall–Kier alpha value is -1.50. The van der Waals surface area contributed by atoms with E-state index in [9.17, 15) is 9.59 Å². The second kappa shape index (κ2) is 7.18. The zero-order valence-electron chi connectivity index (χ0n) is 11.8. The van der Waals surface area contributed by atoms with Crippen LogP contribution in [0.15, 0.2) is 0 Å². The van der Waals surface area contributed by atoms with Crippen LogP contribution in [-0.4, -0.2) is 57.9 Å². The van der Waals surface area contributed by atoms with E-state index in [4.69, 9.17) is 0 Å². The summed E-state index contributed by atoms with van der Waals surface area (Å²) in [6.07, 6.45) is 0.662. The molecule has 0 radical (unpaired) electrons. The average Bonchev–Trinajstić information content (AvgIpc) is 2.87. The quantitative estimate of drug-likeness (QED) is 0.783. The van der Waals surface area contributed by atoms with Crippen LogP contribution in [0.4, 0.5) is 0 Å². The van der Waals surface area contributed by atoms with E-state index in [2.05, 4.69) is 9.59 Å². The van der Waals surface area contributed by atoms with E-state index in [1.54, 1.807) is 11.9 Å². The summed E-state index contributed by atoms with van der Waals surface area (Å²) in [7, 11) is 1.63.